The molecule has 162 valence electrons. The van der Waals surface area contributed by atoms with E-state index in [4.69, 9.17) is 37.4 Å². The molecule has 0 saturated heterocycles. The summed E-state index contributed by atoms with van der Waals surface area (Å²) >= 11 is 14.5. The van der Waals surface area contributed by atoms with Crippen molar-refractivity contribution in [3.8, 4) is 11.5 Å². The molecule has 1 aliphatic heterocycles. The number of ether oxygens (including phenoxy) is 3. The lowest BCUT2D eigenvalue weighted by molar-refractivity contribution is -0.129. The highest BCUT2D eigenvalue weighted by Crippen LogP contribution is 2.34. The van der Waals surface area contributed by atoms with Gasteiger partial charge in [-0.1, -0.05) is 47.5 Å². The summed E-state index contributed by atoms with van der Waals surface area (Å²) < 4.78 is 17.8. The average Bonchev–Trinajstić information content (AvgIpc) is 3.14. The molecule has 1 heterocycles. The molecule has 0 amide bonds. The van der Waals surface area contributed by atoms with E-state index in [0.717, 1.165) is 9.13 Å². The fourth-order valence-corrected chi connectivity index (χ4v) is 3.98. The molecule has 0 aromatic heterocycles. The molecule has 3 aromatic rings. The molecule has 0 unspecified atom stereocenters. The zero-order valence-electron chi connectivity index (χ0n) is 16.8. The molecule has 3 aromatic carbocycles. The van der Waals surface area contributed by atoms with Crippen molar-refractivity contribution >= 4 is 63.7 Å². The van der Waals surface area contributed by atoms with Gasteiger partial charge in [-0.25, -0.2) is 9.79 Å². The first-order valence-corrected chi connectivity index (χ1v) is 11.3. The van der Waals surface area contributed by atoms with Crippen molar-refractivity contribution in [2.24, 2.45) is 4.99 Å². The number of hydrogen-bond acceptors (Lipinski definition) is 5. The monoisotopic (exact) mass is 579 g/mol. The zero-order valence-corrected chi connectivity index (χ0v) is 20.4. The molecule has 0 radical (unpaired) electrons. The third kappa shape index (κ3) is 5.09. The smallest absolute Gasteiger partial charge is 0.363 e. The molecular formula is C24H16Cl2INO4. The predicted molar refractivity (Wildman–Crippen MR) is 134 cm³/mol. The highest BCUT2D eigenvalue weighted by atomic mass is 127. The topological polar surface area (TPSA) is 57.1 Å². The molecule has 0 aliphatic carbocycles. The van der Waals surface area contributed by atoms with Crippen molar-refractivity contribution in [2.75, 3.05) is 7.11 Å². The van der Waals surface area contributed by atoms with Crippen LogP contribution < -0.4 is 9.47 Å². The lowest BCUT2D eigenvalue weighted by atomic mass is 10.1. The third-order valence-corrected chi connectivity index (χ3v) is 5.81. The lowest BCUT2D eigenvalue weighted by Crippen LogP contribution is -2.06. The first-order chi connectivity index (χ1) is 15.4. The van der Waals surface area contributed by atoms with Crippen molar-refractivity contribution in [3.05, 3.63) is 96.7 Å². The molecule has 1 aliphatic rings. The summed E-state index contributed by atoms with van der Waals surface area (Å²) in [5.74, 6) is 0.594. The van der Waals surface area contributed by atoms with Crippen molar-refractivity contribution in [1.82, 2.24) is 0 Å². The molecule has 0 atom stereocenters. The number of carbonyl (C=O) groups is 1. The van der Waals surface area contributed by atoms with Gasteiger partial charge in [0.15, 0.2) is 17.2 Å². The molecule has 0 bridgehead atoms. The maximum Gasteiger partial charge on any atom is 0.363 e. The number of aliphatic imine (C=N–C) groups is 1. The summed E-state index contributed by atoms with van der Waals surface area (Å²) in [6, 6.07) is 18.2. The molecule has 0 saturated carbocycles. The standard InChI is InChI=1S/C24H16Cl2INO4/c1-30-21-7-3-5-15(22(21)31-13-14-4-2-6-16(25)10-14)11-20-24(29)32-23(28-20)18-12-17(27)8-9-19(18)26/h2-12H,13H2,1H3/b20-11-. The van der Waals surface area contributed by atoms with Crippen molar-refractivity contribution < 1.29 is 19.0 Å². The van der Waals surface area contributed by atoms with Crippen LogP contribution >= 0.6 is 45.8 Å². The number of rotatable bonds is 6. The van der Waals surface area contributed by atoms with Gasteiger partial charge in [0, 0.05) is 14.2 Å². The number of nitrogens with zero attached hydrogens (tertiary/aromatic N) is 1. The zero-order chi connectivity index (χ0) is 22.7. The summed E-state index contributed by atoms with van der Waals surface area (Å²) in [6.07, 6.45) is 1.60. The van der Waals surface area contributed by atoms with Gasteiger partial charge >= 0.3 is 5.97 Å². The average molecular weight is 580 g/mol. The Hall–Kier alpha value is -2.55. The van der Waals surface area contributed by atoms with E-state index in [1.54, 1.807) is 37.5 Å². The van der Waals surface area contributed by atoms with Gasteiger partial charge in [-0.15, -0.1) is 0 Å². The number of methoxy groups -OCH3 is 1. The fourth-order valence-electron chi connectivity index (χ4n) is 3.08. The maximum atomic E-state index is 12.5. The van der Waals surface area contributed by atoms with Crippen LogP contribution in [0.25, 0.3) is 6.08 Å². The van der Waals surface area contributed by atoms with E-state index in [1.165, 1.54) is 0 Å². The Morgan fingerprint density at radius 1 is 1.09 bits per heavy atom. The number of halogens is 3. The van der Waals surface area contributed by atoms with Crippen LogP contribution in [-0.2, 0) is 16.1 Å². The number of benzene rings is 3. The summed E-state index contributed by atoms with van der Waals surface area (Å²) in [4.78, 5) is 16.9. The van der Waals surface area contributed by atoms with E-state index in [0.29, 0.717) is 32.7 Å². The minimum Gasteiger partial charge on any atom is -0.493 e. The number of para-hydroxylation sites is 1. The summed E-state index contributed by atoms with van der Waals surface area (Å²) in [5, 5.41) is 1.07. The Labute approximate surface area is 208 Å². The molecular weight excluding hydrogens is 564 g/mol. The predicted octanol–water partition coefficient (Wildman–Crippen LogP) is 6.53. The van der Waals surface area contributed by atoms with Gasteiger partial charge in [-0.3, -0.25) is 0 Å². The summed E-state index contributed by atoms with van der Waals surface area (Å²) in [6.45, 7) is 0.272. The highest BCUT2D eigenvalue weighted by Gasteiger charge is 2.26. The Kier molecular flexibility index (Phi) is 7.03. The van der Waals surface area contributed by atoms with Crippen LogP contribution in [0.2, 0.25) is 10.0 Å². The van der Waals surface area contributed by atoms with Gasteiger partial charge in [0.25, 0.3) is 0 Å². The molecule has 4 rings (SSSR count). The van der Waals surface area contributed by atoms with Crippen LogP contribution in [-0.4, -0.2) is 19.0 Å². The Balaban J connectivity index is 1.68. The Bertz CT molecular complexity index is 1260. The SMILES string of the molecule is COc1cccc(/C=C2\N=C(c3cc(I)ccc3Cl)OC2=O)c1OCc1cccc(Cl)c1. The summed E-state index contributed by atoms with van der Waals surface area (Å²) in [7, 11) is 1.55. The molecule has 8 heteroatoms. The van der Waals surface area contributed by atoms with Crippen LogP contribution in [0.15, 0.2) is 71.4 Å². The highest BCUT2D eigenvalue weighted by molar-refractivity contribution is 14.1. The van der Waals surface area contributed by atoms with Crippen molar-refractivity contribution in [1.29, 1.82) is 0 Å². The van der Waals surface area contributed by atoms with Crippen LogP contribution in [0.5, 0.6) is 11.5 Å². The maximum absolute atomic E-state index is 12.5. The molecule has 5 nitrogen and oxygen atoms in total. The van der Waals surface area contributed by atoms with E-state index < -0.39 is 5.97 Å². The number of cyclic esters (lactones) is 1. The Morgan fingerprint density at radius 3 is 2.69 bits per heavy atom. The Morgan fingerprint density at radius 2 is 1.91 bits per heavy atom. The number of esters is 1. The second-order valence-electron chi connectivity index (χ2n) is 6.76. The van der Waals surface area contributed by atoms with Crippen LogP contribution in [0.3, 0.4) is 0 Å². The second kappa shape index (κ2) is 9.94. The first kappa shape index (κ1) is 22.6. The largest absolute Gasteiger partial charge is 0.493 e. The van der Waals surface area contributed by atoms with E-state index in [9.17, 15) is 4.79 Å². The van der Waals surface area contributed by atoms with E-state index in [-0.39, 0.29) is 18.2 Å². The minimum absolute atomic E-state index is 0.135. The van der Waals surface area contributed by atoms with Crippen LogP contribution in [0, 0.1) is 3.57 Å². The van der Waals surface area contributed by atoms with Crippen LogP contribution in [0.1, 0.15) is 16.7 Å². The molecule has 0 spiro atoms. The van der Waals surface area contributed by atoms with Gasteiger partial charge in [0.05, 0.1) is 17.7 Å². The molecule has 32 heavy (non-hydrogen) atoms. The van der Waals surface area contributed by atoms with Gasteiger partial charge in [0.1, 0.15) is 6.61 Å². The van der Waals surface area contributed by atoms with E-state index >= 15 is 0 Å². The number of carbonyl (C=O) groups excluding carboxylic acids is 1. The summed E-state index contributed by atoms with van der Waals surface area (Å²) in [5.41, 5.74) is 2.21. The lowest BCUT2D eigenvalue weighted by Gasteiger charge is -2.13. The quantitative estimate of drug-likeness (QED) is 0.189. The van der Waals surface area contributed by atoms with E-state index in [1.807, 2.05) is 36.4 Å². The third-order valence-electron chi connectivity index (χ3n) is 4.57. The van der Waals surface area contributed by atoms with Gasteiger partial charge in [0.2, 0.25) is 5.90 Å². The van der Waals surface area contributed by atoms with Crippen molar-refractivity contribution in [2.45, 2.75) is 6.61 Å². The second-order valence-corrected chi connectivity index (χ2v) is 8.85. The van der Waals surface area contributed by atoms with E-state index in [2.05, 4.69) is 27.6 Å². The van der Waals surface area contributed by atoms with Gasteiger partial charge in [-0.05, 0) is 70.6 Å². The number of hydrogen-bond donors (Lipinski definition) is 0. The fraction of sp³-hybridized carbons (Fsp3) is 0.0833. The molecule has 0 fully saturated rings. The molecule has 0 N–H and O–H groups in total. The minimum atomic E-state index is -0.571. The van der Waals surface area contributed by atoms with Crippen LogP contribution in [0.4, 0.5) is 0 Å². The normalized spacial score (nSPS) is 14.3. The van der Waals surface area contributed by atoms with Gasteiger partial charge < -0.3 is 14.2 Å². The first-order valence-electron chi connectivity index (χ1n) is 9.47. The van der Waals surface area contributed by atoms with Crippen molar-refractivity contribution in [3.63, 3.8) is 0 Å². The van der Waals surface area contributed by atoms with Gasteiger partial charge in [-0.2, -0.15) is 0 Å².